The minimum atomic E-state index is -0.535. The van der Waals surface area contributed by atoms with Crippen molar-refractivity contribution in [3.05, 3.63) is 88.1 Å². The number of hydrogen-bond acceptors (Lipinski definition) is 4. The summed E-state index contributed by atoms with van der Waals surface area (Å²) in [6.07, 6.45) is 1.65. The Hall–Kier alpha value is -3.94. The Morgan fingerprint density at radius 1 is 1.00 bits per heavy atom. The number of hydrogen-bond donors (Lipinski definition) is 3. The highest BCUT2D eigenvalue weighted by molar-refractivity contribution is 5.99. The van der Waals surface area contributed by atoms with Gasteiger partial charge in [-0.05, 0) is 55.8 Å². The third-order valence-electron chi connectivity index (χ3n) is 4.41. The van der Waals surface area contributed by atoms with Crippen LogP contribution in [0.5, 0.6) is 0 Å². The molecule has 3 rings (SSSR count). The number of urea groups is 1. The summed E-state index contributed by atoms with van der Waals surface area (Å²) >= 11 is 0. The van der Waals surface area contributed by atoms with E-state index in [1.54, 1.807) is 37.4 Å². The van der Waals surface area contributed by atoms with Crippen LogP contribution < -0.4 is 21.5 Å². The van der Waals surface area contributed by atoms with E-state index >= 15 is 0 Å². The Bertz CT molecular complexity index is 1110. The van der Waals surface area contributed by atoms with Gasteiger partial charge in [-0.1, -0.05) is 18.2 Å². The molecule has 30 heavy (non-hydrogen) atoms. The molecular formula is C22H23N5O3. The monoisotopic (exact) mass is 405 g/mol. The largest absolute Gasteiger partial charge is 0.349 e. The van der Waals surface area contributed by atoms with Crippen LogP contribution >= 0.6 is 0 Å². The van der Waals surface area contributed by atoms with Crippen molar-refractivity contribution in [2.75, 3.05) is 10.6 Å². The Morgan fingerprint density at radius 3 is 2.57 bits per heavy atom. The van der Waals surface area contributed by atoms with Gasteiger partial charge in [0.1, 0.15) is 12.2 Å². The number of rotatable bonds is 6. The van der Waals surface area contributed by atoms with Gasteiger partial charge in [-0.2, -0.15) is 0 Å². The van der Waals surface area contributed by atoms with E-state index in [1.165, 1.54) is 10.6 Å². The Morgan fingerprint density at radius 2 is 1.83 bits per heavy atom. The summed E-state index contributed by atoms with van der Waals surface area (Å²) in [4.78, 5) is 41.5. The second-order valence-corrected chi connectivity index (χ2v) is 6.83. The fourth-order valence-electron chi connectivity index (χ4n) is 2.86. The lowest BCUT2D eigenvalue weighted by atomic mass is 10.2. The summed E-state index contributed by atoms with van der Waals surface area (Å²) in [7, 11) is 0. The Balaban J connectivity index is 1.66. The second kappa shape index (κ2) is 9.51. The lowest BCUT2D eigenvalue weighted by Crippen LogP contribution is -2.35. The van der Waals surface area contributed by atoms with E-state index in [0.717, 1.165) is 11.3 Å². The molecule has 8 heteroatoms. The number of amides is 3. The van der Waals surface area contributed by atoms with Gasteiger partial charge < -0.3 is 20.5 Å². The van der Waals surface area contributed by atoms with Crippen molar-refractivity contribution in [3.63, 3.8) is 0 Å². The molecule has 0 bridgehead atoms. The van der Waals surface area contributed by atoms with Crippen molar-refractivity contribution in [3.8, 4) is 0 Å². The van der Waals surface area contributed by atoms with Crippen LogP contribution in [-0.4, -0.2) is 21.5 Å². The van der Waals surface area contributed by atoms with Gasteiger partial charge in [0.25, 0.3) is 5.56 Å². The maximum atomic E-state index is 12.8. The van der Waals surface area contributed by atoms with Crippen LogP contribution in [0.15, 0.2) is 65.6 Å². The lowest BCUT2D eigenvalue weighted by Gasteiger charge is -2.13. The normalized spacial score (nSPS) is 10.3. The van der Waals surface area contributed by atoms with Crippen LogP contribution in [-0.2, 0) is 17.9 Å². The number of anilines is 2. The smallest absolute Gasteiger partial charge is 0.323 e. The standard InChI is InChI=1S/C22H23N5O3/c1-15-6-5-8-17(12-15)25-22(30)26-19-10-9-16(2)27(21(19)29)14-20(28)24-13-18-7-3-4-11-23-18/h3-12H,13-14H2,1-2H3,(H,24,28)(H2,25,26,30). The van der Waals surface area contributed by atoms with Crippen LogP contribution in [0, 0.1) is 13.8 Å². The first-order valence-electron chi connectivity index (χ1n) is 9.44. The van der Waals surface area contributed by atoms with E-state index in [2.05, 4.69) is 20.9 Å². The van der Waals surface area contributed by atoms with Crippen molar-refractivity contribution in [1.29, 1.82) is 0 Å². The Kier molecular flexibility index (Phi) is 6.59. The van der Waals surface area contributed by atoms with Gasteiger partial charge in [0.2, 0.25) is 5.91 Å². The molecule has 0 fully saturated rings. The molecule has 8 nitrogen and oxygen atoms in total. The van der Waals surface area contributed by atoms with Crippen molar-refractivity contribution in [2.45, 2.75) is 26.9 Å². The van der Waals surface area contributed by atoms with Gasteiger partial charge in [-0.25, -0.2) is 4.79 Å². The van der Waals surface area contributed by atoms with Gasteiger partial charge in [0.05, 0.1) is 12.2 Å². The van der Waals surface area contributed by atoms with E-state index in [-0.39, 0.29) is 24.7 Å². The molecule has 2 aromatic heterocycles. The van der Waals surface area contributed by atoms with Gasteiger partial charge in [0.15, 0.2) is 0 Å². The highest BCUT2D eigenvalue weighted by Crippen LogP contribution is 2.10. The molecule has 154 valence electrons. The molecule has 0 aliphatic rings. The first kappa shape index (κ1) is 20.8. The third kappa shape index (κ3) is 5.54. The minimum Gasteiger partial charge on any atom is -0.349 e. The highest BCUT2D eigenvalue weighted by atomic mass is 16.2. The number of nitrogens with zero attached hydrogens (tertiary/aromatic N) is 2. The topological polar surface area (TPSA) is 105 Å². The van der Waals surface area contributed by atoms with E-state index < -0.39 is 11.6 Å². The zero-order chi connectivity index (χ0) is 21.5. The van der Waals surface area contributed by atoms with Crippen LogP contribution in [0.2, 0.25) is 0 Å². The van der Waals surface area contributed by atoms with Gasteiger partial charge >= 0.3 is 6.03 Å². The zero-order valence-corrected chi connectivity index (χ0v) is 16.8. The van der Waals surface area contributed by atoms with E-state index in [9.17, 15) is 14.4 Å². The van der Waals surface area contributed by atoms with Gasteiger partial charge in [-0.3, -0.25) is 14.6 Å². The summed E-state index contributed by atoms with van der Waals surface area (Å²) in [5.41, 5.74) is 2.58. The van der Waals surface area contributed by atoms with E-state index in [1.807, 2.05) is 31.2 Å². The molecule has 3 amide bonds. The van der Waals surface area contributed by atoms with Crippen molar-refractivity contribution < 1.29 is 9.59 Å². The highest BCUT2D eigenvalue weighted by Gasteiger charge is 2.12. The molecule has 0 radical (unpaired) electrons. The molecule has 0 saturated carbocycles. The fourth-order valence-corrected chi connectivity index (χ4v) is 2.86. The molecule has 2 heterocycles. The number of carbonyl (C=O) groups excluding carboxylic acids is 2. The molecule has 3 N–H and O–H groups in total. The van der Waals surface area contributed by atoms with E-state index in [4.69, 9.17) is 0 Å². The number of benzene rings is 1. The predicted molar refractivity (Wildman–Crippen MR) is 115 cm³/mol. The van der Waals surface area contributed by atoms with Gasteiger partial charge in [-0.15, -0.1) is 0 Å². The van der Waals surface area contributed by atoms with Crippen molar-refractivity contribution >= 4 is 23.3 Å². The molecule has 0 aliphatic heterocycles. The minimum absolute atomic E-state index is 0.0864. The lowest BCUT2D eigenvalue weighted by molar-refractivity contribution is -0.121. The van der Waals surface area contributed by atoms with Crippen molar-refractivity contribution in [1.82, 2.24) is 14.9 Å². The van der Waals surface area contributed by atoms with Gasteiger partial charge in [0, 0.05) is 17.6 Å². The third-order valence-corrected chi connectivity index (χ3v) is 4.41. The number of aromatic nitrogens is 2. The average Bonchev–Trinajstić information content (AvgIpc) is 2.72. The molecule has 0 saturated heterocycles. The van der Waals surface area contributed by atoms with Crippen LogP contribution in [0.4, 0.5) is 16.2 Å². The molecule has 0 aliphatic carbocycles. The number of carbonyl (C=O) groups is 2. The quantitative estimate of drug-likeness (QED) is 0.586. The summed E-state index contributed by atoms with van der Waals surface area (Å²) < 4.78 is 1.32. The van der Waals surface area contributed by atoms with Crippen LogP contribution in [0.25, 0.3) is 0 Å². The Labute approximate surface area is 174 Å². The molecular weight excluding hydrogens is 382 g/mol. The molecule has 3 aromatic rings. The fraction of sp³-hybridized carbons (Fsp3) is 0.182. The molecule has 0 atom stereocenters. The zero-order valence-electron chi connectivity index (χ0n) is 16.8. The summed E-state index contributed by atoms with van der Waals surface area (Å²) in [6, 6.07) is 15.4. The SMILES string of the molecule is Cc1cccc(NC(=O)Nc2ccc(C)n(CC(=O)NCc3ccccn3)c2=O)c1. The average molecular weight is 405 g/mol. The van der Waals surface area contributed by atoms with Crippen LogP contribution in [0.3, 0.4) is 0 Å². The van der Waals surface area contributed by atoms with Crippen LogP contribution in [0.1, 0.15) is 17.0 Å². The second-order valence-electron chi connectivity index (χ2n) is 6.83. The van der Waals surface area contributed by atoms with E-state index in [0.29, 0.717) is 11.4 Å². The van der Waals surface area contributed by atoms with Crippen molar-refractivity contribution in [2.24, 2.45) is 0 Å². The summed E-state index contributed by atoms with van der Waals surface area (Å²) in [5.74, 6) is -0.327. The summed E-state index contributed by atoms with van der Waals surface area (Å²) in [5, 5.41) is 7.98. The molecule has 1 aromatic carbocycles. The molecule has 0 unspecified atom stereocenters. The summed E-state index contributed by atoms with van der Waals surface area (Å²) in [6.45, 7) is 3.75. The predicted octanol–water partition coefficient (Wildman–Crippen LogP) is 2.82. The molecule has 0 spiro atoms. The first-order valence-corrected chi connectivity index (χ1v) is 9.44. The number of pyridine rings is 2. The first-order chi connectivity index (χ1) is 14.4. The number of aryl methyl sites for hydroxylation is 2. The maximum absolute atomic E-state index is 12.8. The number of nitrogens with one attached hydrogen (secondary N) is 3. The maximum Gasteiger partial charge on any atom is 0.323 e.